The summed E-state index contributed by atoms with van der Waals surface area (Å²) in [5.74, 6) is -0.946. The van der Waals surface area contributed by atoms with E-state index in [0.717, 1.165) is 18.9 Å². The number of hydrogen-bond donors (Lipinski definition) is 0. The Morgan fingerprint density at radius 3 is 2.54 bits per heavy atom. The molecule has 1 aliphatic rings. The Labute approximate surface area is 139 Å². The van der Waals surface area contributed by atoms with Gasteiger partial charge in [0.15, 0.2) is 0 Å². The van der Waals surface area contributed by atoms with Crippen LogP contribution >= 0.6 is 0 Å². The molecule has 1 aliphatic heterocycles. The van der Waals surface area contributed by atoms with E-state index in [2.05, 4.69) is 0 Å². The van der Waals surface area contributed by atoms with Crippen molar-refractivity contribution in [2.24, 2.45) is 0 Å². The van der Waals surface area contributed by atoms with Crippen LogP contribution in [0.15, 0.2) is 24.3 Å². The third kappa shape index (κ3) is 3.71. The molecule has 1 fully saturated rings. The lowest BCUT2D eigenvalue weighted by atomic mass is 10.0. The highest BCUT2D eigenvalue weighted by molar-refractivity contribution is 5.99. The first-order valence-corrected chi connectivity index (χ1v) is 7.99. The number of likely N-dealkylation sites (N-methyl/N-ethyl adjacent to an activating group) is 1. The Hall–Kier alpha value is -2.05. The van der Waals surface area contributed by atoms with Crippen LogP contribution in [0.5, 0.6) is 0 Å². The first-order chi connectivity index (χ1) is 11.3. The zero-order valence-electron chi connectivity index (χ0n) is 13.8. The average Bonchev–Trinajstić information content (AvgIpc) is 2.55. The van der Waals surface area contributed by atoms with Gasteiger partial charge >= 0.3 is 6.18 Å². The Balaban J connectivity index is 2.35. The number of halogens is 3. The molecule has 2 rings (SSSR count). The number of hydrogen-bond acceptors (Lipinski definition) is 2. The second-order valence-corrected chi connectivity index (χ2v) is 5.96. The third-order valence-electron chi connectivity index (χ3n) is 4.27. The summed E-state index contributed by atoms with van der Waals surface area (Å²) in [6.07, 6.45) is -2.58. The maximum atomic E-state index is 13.2. The number of nitrogens with zero attached hydrogens (tertiary/aromatic N) is 2. The van der Waals surface area contributed by atoms with E-state index in [9.17, 15) is 22.8 Å². The lowest BCUT2D eigenvalue weighted by Gasteiger charge is -2.39. The highest BCUT2D eigenvalue weighted by Crippen LogP contribution is 2.33. The molecule has 0 aromatic heterocycles. The molecule has 0 aliphatic carbocycles. The van der Waals surface area contributed by atoms with Crippen LogP contribution in [0.1, 0.15) is 42.1 Å². The predicted molar refractivity (Wildman–Crippen MR) is 83.4 cm³/mol. The minimum absolute atomic E-state index is 0.215. The predicted octanol–water partition coefficient (Wildman–Crippen LogP) is 3.18. The van der Waals surface area contributed by atoms with Crippen LogP contribution in [0.4, 0.5) is 13.2 Å². The van der Waals surface area contributed by atoms with Gasteiger partial charge in [0.2, 0.25) is 5.91 Å². The Kier molecular flexibility index (Phi) is 5.51. The van der Waals surface area contributed by atoms with Gasteiger partial charge in [0, 0.05) is 20.1 Å². The summed E-state index contributed by atoms with van der Waals surface area (Å²) in [5, 5.41) is 0. The first kappa shape index (κ1) is 18.3. The van der Waals surface area contributed by atoms with Gasteiger partial charge in [0.25, 0.3) is 5.91 Å². The first-order valence-electron chi connectivity index (χ1n) is 7.99. The molecule has 132 valence electrons. The summed E-state index contributed by atoms with van der Waals surface area (Å²) >= 11 is 0. The average molecular weight is 342 g/mol. The molecular formula is C17H21F3N2O2. The van der Waals surface area contributed by atoms with Gasteiger partial charge in [0.05, 0.1) is 11.1 Å². The summed E-state index contributed by atoms with van der Waals surface area (Å²) in [7, 11) is 1.65. The van der Waals surface area contributed by atoms with E-state index in [-0.39, 0.29) is 12.5 Å². The topological polar surface area (TPSA) is 40.6 Å². The fraction of sp³-hybridized carbons (Fsp3) is 0.529. The van der Waals surface area contributed by atoms with Crippen LogP contribution in [-0.2, 0) is 11.0 Å². The van der Waals surface area contributed by atoms with E-state index in [1.54, 1.807) is 7.05 Å². The molecule has 0 bridgehead atoms. The maximum absolute atomic E-state index is 13.2. The Morgan fingerprint density at radius 1 is 1.25 bits per heavy atom. The van der Waals surface area contributed by atoms with Crippen LogP contribution in [0.3, 0.4) is 0 Å². The SMILES string of the molecule is CCCCC1C(=O)N(C)CCN1C(=O)c1ccccc1C(F)(F)F. The molecule has 7 heteroatoms. The molecule has 24 heavy (non-hydrogen) atoms. The molecule has 1 heterocycles. The summed E-state index contributed by atoms with van der Waals surface area (Å²) in [6, 6.07) is 4.03. The lowest BCUT2D eigenvalue weighted by Crippen LogP contribution is -2.57. The number of carbonyl (C=O) groups is 2. The van der Waals surface area contributed by atoms with Gasteiger partial charge in [-0.2, -0.15) is 13.2 Å². The lowest BCUT2D eigenvalue weighted by molar-refractivity contribution is -0.139. The van der Waals surface area contributed by atoms with E-state index in [1.807, 2.05) is 6.92 Å². The molecule has 4 nitrogen and oxygen atoms in total. The number of amides is 2. The van der Waals surface area contributed by atoms with Crippen molar-refractivity contribution in [2.45, 2.75) is 38.4 Å². The van der Waals surface area contributed by atoms with Gasteiger partial charge in [-0.1, -0.05) is 31.9 Å². The second-order valence-electron chi connectivity index (χ2n) is 5.96. The van der Waals surface area contributed by atoms with E-state index in [0.29, 0.717) is 13.0 Å². The smallest absolute Gasteiger partial charge is 0.342 e. The molecule has 0 saturated carbocycles. The largest absolute Gasteiger partial charge is 0.417 e. The minimum atomic E-state index is -4.61. The van der Waals surface area contributed by atoms with E-state index >= 15 is 0 Å². The number of carbonyl (C=O) groups excluding carboxylic acids is 2. The van der Waals surface area contributed by atoms with Crippen molar-refractivity contribution in [1.29, 1.82) is 0 Å². The molecule has 0 spiro atoms. The summed E-state index contributed by atoms with van der Waals surface area (Å²) in [6.45, 7) is 2.52. The van der Waals surface area contributed by atoms with Crippen molar-refractivity contribution in [3.05, 3.63) is 35.4 Å². The molecule has 1 atom stereocenters. The van der Waals surface area contributed by atoms with Crippen molar-refractivity contribution in [3.8, 4) is 0 Å². The highest BCUT2D eigenvalue weighted by Gasteiger charge is 2.40. The molecule has 1 aromatic carbocycles. The molecule has 0 N–H and O–H groups in total. The standard InChI is InChI=1S/C17H21F3N2O2/c1-3-4-9-14-16(24)21(2)10-11-22(14)15(23)12-7-5-6-8-13(12)17(18,19)20/h5-8,14H,3-4,9-11H2,1-2H3. The van der Waals surface area contributed by atoms with Gasteiger partial charge in [-0.15, -0.1) is 0 Å². The fourth-order valence-corrected chi connectivity index (χ4v) is 2.90. The van der Waals surface area contributed by atoms with Crippen molar-refractivity contribution < 1.29 is 22.8 Å². The summed E-state index contributed by atoms with van der Waals surface area (Å²) in [4.78, 5) is 27.9. The van der Waals surface area contributed by atoms with E-state index < -0.39 is 29.3 Å². The normalized spacial score (nSPS) is 18.9. The summed E-state index contributed by atoms with van der Waals surface area (Å²) < 4.78 is 39.5. The molecular weight excluding hydrogens is 321 g/mol. The van der Waals surface area contributed by atoms with Crippen LogP contribution in [0.25, 0.3) is 0 Å². The molecule has 1 saturated heterocycles. The van der Waals surface area contributed by atoms with Crippen molar-refractivity contribution in [3.63, 3.8) is 0 Å². The van der Waals surface area contributed by atoms with Crippen molar-refractivity contribution >= 4 is 11.8 Å². The Morgan fingerprint density at radius 2 is 1.92 bits per heavy atom. The quantitative estimate of drug-likeness (QED) is 0.843. The van der Waals surface area contributed by atoms with Gasteiger partial charge in [-0.05, 0) is 18.6 Å². The number of alkyl halides is 3. The molecule has 1 aromatic rings. The number of benzene rings is 1. The second kappa shape index (κ2) is 7.23. The molecule has 0 radical (unpaired) electrons. The fourth-order valence-electron chi connectivity index (χ4n) is 2.90. The number of rotatable bonds is 4. The van der Waals surface area contributed by atoms with Gasteiger partial charge in [-0.25, -0.2) is 0 Å². The van der Waals surface area contributed by atoms with Gasteiger partial charge in [0.1, 0.15) is 6.04 Å². The Bertz CT molecular complexity index is 616. The van der Waals surface area contributed by atoms with Gasteiger partial charge < -0.3 is 9.80 Å². The maximum Gasteiger partial charge on any atom is 0.417 e. The van der Waals surface area contributed by atoms with Crippen LogP contribution in [0, 0.1) is 0 Å². The van der Waals surface area contributed by atoms with E-state index in [4.69, 9.17) is 0 Å². The van der Waals surface area contributed by atoms with Crippen LogP contribution in [0.2, 0.25) is 0 Å². The monoisotopic (exact) mass is 342 g/mol. The third-order valence-corrected chi connectivity index (χ3v) is 4.27. The molecule has 2 amide bonds. The zero-order valence-corrected chi connectivity index (χ0v) is 13.8. The molecule has 1 unspecified atom stereocenters. The van der Waals surface area contributed by atoms with Crippen molar-refractivity contribution in [2.75, 3.05) is 20.1 Å². The van der Waals surface area contributed by atoms with Crippen molar-refractivity contribution in [1.82, 2.24) is 9.80 Å². The minimum Gasteiger partial charge on any atom is -0.342 e. The summed E-state index contributed by atoms with van der Waals surface area (Å²) in [5.41, 5.74) is -1.36. The van der Waals surface area contributed by atoms with Crippen LogP contribution < -0.4 is 0 Å². The van der Waals surface area contributed by atoms with Gasteiger partial charge in [-0.3, -0.25) is 9.59 Å². The highest BCUT2D eigenvalue weighted by atomic mass is 19.4. The zero-order chi connectivity index (χ0) is 17.9. The van der Waals surface area contributed by atoms with Crippen LogP contribution in [-0.4, -0.2) is 47.8 Å². The number of unbranched alkanes of at least 4 members (excludes halogenated alkanes) is 1. The number of piperazine rings is 1. The van der Waals surface area contributed by atoms with E-state index in [1.165, 1.54) is 28.0 Å².